The monoisotopic (exact) mass is 506 g/mol. The zero-order valence-electron chi connectivity index (χ0n) is 18.6. The fourth-order valence-corrected chi connectivity index (χ4v) is 4.82. The number of pyridine rings is 1. The number of nitriles is 1. The van der Waals surface area contributed by atoms with E-state index in [0.29, 0.717) is 34.8 Å². The number of H-pyrrole nitrogens is 1. The summed E-state index contributed by atoms with van der Waals surface area (Å²) in [5.41, 5.74) is 2.45. The average Bonchev–Trinajstić information content (AvgIpc) is 3.33. The molecule has 0 spiro atoms. The molecule has 0 amide bonds. The predicted molar refractivity (Wildman–Crippen MR) is 119 cm³/mol. The Hall–Kier alpha value is -3.76. The van der Waals surface area contributed by atoms with Crippen LogP contribution in [0.3, 0.4) is 0 Å². The number of sulfonamides is 1. The summed E-state index contributed by atoms with van der Waals surface area (Å²) in [4.78, 5) is 3.65. The van der Waals surface area contributed by atoms with Crippen LogP contribution in [0.2, 0.25) is 0 Å². The highest BCUT2D eigenvalue weighted by molar-refractivity contribution is 7.89. The Labute approximate surface area is 197 Å². The first-order valence-corrected chi connectivity index (χ1v) is 11.6. The van der Waals surface area contributed by atoms with E-state index in [1.165, 1.54) is 12.1 Å². The number of fused-ring (bicyclic) bond motifs is 1. The molecule has 0 aliphatic heterocycles. The molecule has 0 bridgehead atoms. The topological polar surface area (TPSA) is 116 Å². The highest BCUT2D eigenvalue weighted by Crippen LogP contribution is 2.37. The van der Waals surface area contributed by atoms with Crippen LogP contribution in [0.1, 0.15) is 23.7 Å². The summed E-state index contributed by atoms with van der Waals surface area (Å²) in [5, 5.41) is 17.1. The predicted octanol–water partition coefficient (Wildman–Crippen LogP) is 4.27. The van der Waals surface area contributed by atoms with Gasteiger partial charge in [0.05, 0.1) is 33.8 Å². The Bertz CT molecular complexity index is 1580. The lowest BCUT2D eigenvalue weighted by Crippen LogP contribution is -2.42. The van der Waals surface area contributed by atoms with E-state index in [-0.39, 0.29) is 17.0 Å². The number of halogens is 4. The van der Waals surface area contributed by atoms with Crippen molar-refractivity contribution in [3.8, 4) is 23.1 Å². The van der Waals surface area contributed by atoms with E-state index in [9.17, 15) is 31.2 Å². The van der Waals surface area contributed by atoms with E-state index in [2.05, 4.69) is 21.3 Å². The van der Waals surface area contributed by atoms with Crippen molar-refractivity contribution in [1.29, 1.82) is 5.26 Å². The maximum Gasteiger partial charge on any atom is 0.404 e. The summed E-state index contributed by atoms with van der Waals surface area (Å²) in [6.07, 6.45) is -2.28. The smallest absolute Gasteiger partial charge is 0.303 e. The van der Waals surface area contributed by atoms with Crippen LogP contribution in [0.15, 0.2) is 41.6 Å². The SMILES string of the molecule is Cc1cc2c(cc1F)c(C#N)c(-c1ccc(S(=O)(=O)N[C@@H](C)C(F)(F)F)cn1)n2-c1c[nH]nc1C. The molecular formula is C22H18F4N6O2S. The van der Waals surface area contributed by atoms with Crippen LogP contribution in [0, 0.1) is 31.0 Å². The molecule has 0 saturated heterocycles. The minimum atomic E-state index is -4.76. The molecule has 182 valence electrons. The average molecular weight is 506 g/mol. The van der Waals surface area contributed by atoms with Gasteiger partial charge in [0, 0.05) is 17.8 Å². The van der Waals surface area contributed by atoms with E-state index in [4.69, 9.17) is 0 Å². The van der Waals surface area contributed by atoms with Crippen molar-refractivity contribution in [2.75, 3.05) is 0 Å². The van der Waals surface area contributed by atoms with Gasteiger partial charge in [-0.05, 0) is 50.6 Å². The number of rotatable bonds is 5. The number of hydrogen-bond acceptors (Lipinski definition) is 5. The van der Waals surface area contributed by atoms with Gasteiger partial charge in [-0.25, -0.2) is 12.8 Å². The number of nitrogens with one attached hydrogen (secondary N) is 2. The van der Waals surface area contributed by atoms with E-state index in [1.54, 1.807) is 35.4 Å². The van der Waals surface area contributed by atoms with Gasteiger partial charge in [0.15, 0.2) is 0 Å². The molecule has 1 atom stereocenters. The lowest BCUT2D eigenvalue weighted by Gasteiger charge is -2.17. The van der Waals surface area contributed by atoms with E-state index in [0.717, 1.165) is 12.3 Å². The molecule has 2 N–H and O–H groups in total. The number of alkyl halides is 3. The first kappa shape index (κ1) is 24.4. The van der Waals surface area contributed by atoms with Crippen LogP contribution >= 0.6 is 0 Å². The summed E-state index contributed by atoms with van der Waals surface area (Å²) in [6.45, 7) is 3.98. The molecule has 1 aromatic carbocycles. The maximum absolute atomic E-state index is 14.4. The molecule has 0 radical (unpaired) electrons. The fourth-order valence-electron chi connectivity index (χ4n) is 3.64. The third-order valence-corrected chi connectivity index (χ3v) is 7.04. The molecule has 0 saturated carbocycles. The molecule has 4 rings (SSSR count). The van der Waals surface area contributed by atoms with Crippen LogP contribution in [0.25, 0.3) is 28.0 Å². The molecule has 35 heavy (non-hydrogen) atoms. The third kappa shape index (κ3) is 4.26. The molecule has 0 fully saturated rings. The summed E-state index contributed by atoms with van der Waals surface area (Å²) in [5.74, 6) is -0.513. The zero-order chi connectivity index (χ0) is 25.7. The van der Waals surface area contributed by atoms with Gasteiger partial charge in [0.25, 0.3) is 0 Å². The number of hydrogen-bond donors (Lipinski definition) is 2. The van der Waals surface area contributed by atoms with Gasteiger partial charge in [-0.15, -0.1) is 0 Å². The van der Waals surface area contributed by atoms with E-state index < -0.39 is 33.0 Å². The largest absolute Gasteiger partial charge is 0.404 e. The standard InChI is InChI=1S/C22H18F4N6O2S/c1-11-6-19-15(7-17(11)23)16(8-27)21(32(19)20-10-29-30-12(20)2)18-5-4-14(9-28-18)35(33,34)31-13(3)22(24,25)26/h4-7,9-10,13,31H,1-3H3,(H,29,30)/t13-/m0/s1. The molecule has 0 aliphatic carbocycles. The Morgan fingerprint density at radius 2 is 1.94 bits per heavy atom. The normalized spacial score (nSPS) is 13.2. The van der Waals surface area contributed by atoms with Gasteiger partial charge in [0.1, 0.15) is 22.8 Å². The van der Waals surface area contributed by atoms with Gasteiger partial charge in [-0.1, -0.05) is 0 Å². The third-order valence-electron chi connectivity index (χ3n) is 5.52. The lowest BCUT2D eigenvalue weighted by molar-refractivity contribution is -0.147. The van der Waals surface area contributed by atoms with Crippen LogP contribution in [-0.4, -0.2) is 40.4 Å². The molecule has 4 aromatic rings. The number of aryl methyl sites for hydroxylation is 2. The summed E-state index contributed by atoms with van der Waals surface area (Å²) in [7, 11) is -4.52. The second kappa shape index (κ2) is 8.47. The molecule has 3 heterocycles. The van der Waals surface area contributed by atoms with E-state index in [1.807, 2.05) is 0 Å². The second-order valence-electron chi connectivity index (χ2n) is 7.91. The molecule has 3 aromatic heterocycles. The van der Waals surface area contributed by atoms with Crippen LogP contribution in [-0.2, 0) is 10.0 Å². The number of benzene rings is 1. The van der Waals surface area contributed by atoms with Crippen molar-refractivity contribution in [3.05, 3.63) is 59.3 Å². The van der Waals surface area contributed by atoms with Gasteiger partial charge in [-0.2, -0.15) is 28.3 Å². The first-order valence-electron chi connectivity index (χ1n) is 10.2. The quantitative estimate of drug-likeness (QED) is 0.392. The van der Waals surface area contributed by atoms with Crippen LogP contribution < -0.4 is 4.72 Å². The summed E-state index contributed by atoms with van der Waals surface area (Å²) >= 11 is 0. The van der Waals surface area contributed by atoms with Crippen molar-refractivity contribution in [3.63, 3.8) is 0 Å². The highest BCUT2D eigenvalue weighted by Gasteiger charge is 2.39. The van der Waals surface area contributed by atoms with Crippen molar-refractivity contribution >= 4 is 20.9 Å². The first-order chi connectivity index (χ1) is 16.3. The molecule has 0 unspecified atom stereocenters. The van der Waals surface area contributed by atoms with Gasteiger partial charge < -0.3 is 4.57 Å². The summed E-state index contributed by atoms with van der Waals surface area (Å²) in [6, 6.07) is 4.93. The Morgan fingerprint density at radius 3 is 2.49 bits per heavy atom. The lowest BCUT2D eigenvalue weighted by atomic mass is 10.1. The number of nitrogens with zero attached hydrogens (tertiary/aromatic N) is 4. The Morgan fingerprint density at radius 1 is 1.23 bits per heavy atom. The Kier molecular flexibility index (Phi) is 5.90. The van der Waals surface area contributed by atoms with Crippen molar-refractivity contribution in [2.24, 2.45) is 0 Å². The zero-order valence-corrected chi connectivity index (χ0v) is 19.4. The van der Waals surface area contributed by atoms with Crippen molar-refractivity contribution in [2.45, 2.75) is 37.9 Å². The highest BCUT2D eigenvalue weighted by atomic mass is 32.2. The Balaban J connectivity index is 1.91. The summed E-state index contributed by atoms with van der Waals surface area (Å²) < 4.78 is 80.9. The maximum atomic E-state index is 14.4. The molecule has 8 nitrogen and oxygen atoms in total. The number of aromatic nitrogens is 4. The number of aromatic amines is 1. The van der Waals surface area contributed by atoms with Crippen LogP contribution in [0.4, 0.5) is 17.6 Å². The minimum absolute atomic E-state index is 0.0893. The van der Waals surface area contributed by atoms with E-state index >= 15 is 0 Å². The van der Waals surface area contributed by atoms with Gasteiger partial charge in [0.2, 0.25) is 10.0 Å². The van der Waals surface area contributed by atoms with Crippen molar-refractivity contribution < 1.29 is 26.0 Å². The minimum Gasteiger partial charge on any atom is -0.303 e. The molecule has 0 aliphatic rings. The fraction of sp³-hybridized carbons (Fsp3) is 0.227. The molecule has 13 heteroatoms. The van der Waals surface area contributed by atoms with Gasteiger partial charge >= 0.3 is 6.18 Å². The van der Waals surface area contributed by atoms with Crippen LogP contribution in [0.5, 0.6) is 0 Å². The van der Waals surface area contributed by atoms with Crippen molar-refractivity contribution in [1.82, 2.24) is 24.5 Å². The molecular weight excluding hydrogens is 488 g/mol. The second-order valence-corrected chi connectivity index (χ2v) is 9.62. The van der Waals surface area contributed by atoms with Gasteiger partial charge in [-0.3, -0.25) is 10.1 Å².